The second-order valence-electron chi connectivity index (χ2n) is 5.89. The molecule has 1 unspecified atom stereocenters. The molecule has 0 spiro atoms. The summed E-state index contributed by atoms with van der Waals surface area (Å²) in [5, 5.41) is 3.00. The maximum absolute atomic E-state index is 13.2. The molecule has 4 heteroatoms. The molecule has 3 rings (SSSR count). The predicted molar refractivity (Wildman–Crippen MR) is 98.8 cm³/mol. The van der Waals surface area contributed by atoms with Gasteiger partial charge in [0.15, 0.2) is 0 Å². The van der Waals surface area contributed by atoms with Crippen molar-refractivity contribution in [2.45, 2.75) is 12.3 Å². The highest BCUT2D eigenvalue weighted by molar-refractivity contribution is 6.01. The molecule has 0 radical (unpaired) electrons. The largest absolute Gasteiger partial charge is 0.495 e. The van der Waals surface area contributed by atoms with Crippen LogP contribution in [0.5, 0.6) is 5.75 Å². The third-order valence-corrected chi connectivity index (χ3v) is 4.32. The summed E-state index contributed by atoms with van der Waals surface area (Å²) in [6.07, 6.45) is 1.63. The maximum atomic E-state index is 13.2. The Morgan fingerprint density at radius 3 is 2.16 bits per heavy atom. The molecule has 2 aromatic carbocycles. The molecule has 0 aliphatic rings. The van der Waals surface area contributed by atoms with Crippen molar-refractivity contribution in [3.8, 4) is 5.75 Å². The summed E-state index contributed by atoms with van der Waals surface area (Å²) in [7, 11) is 1.59. The van der Waals surface area contributed by atoms with Crippen LogP contribution in [0.1, 0.15) is 18.2 Å². The molecule has 0 saturated carbocycles. The van der Waals surface area contributed by atoms with E-state index in [1.54, 1.807) is 13.3 Å². The van der Waals surface area contributed by atoms with Crippen LogP contribution < -0.4 is 10.1 Å². The SMILES string of the molecule is COc1ccc(C(C)(C(=O)Nc2ccccc2)c2ccccc2)nc1. The molecule has 1 heterocycles. The Hall–Kier alpha value is -3.14. The van der Waals surface area contributed by atoms with Gasteiger partial charge in [-0.05, 0) is 36.8 Å². The highest BCUT2D eigenvalue weighted by Gasteiger charge is 2.38. The van der Waals surface area contributed by atoms with E-state index in [2.05, 4.69) is 10.3 Å². The molecule has 1 aromatic heterocycles. The number of nitrogens with zero attached hydrogens (tertiary/aromatic N) is 1. The molecule has 4 nitrogen and oxygen atoms in total. The predicted octanol–water partition coefficient (Wildman–Crippen LogP) is 4.03. The second-order valence-corrected chi connectivity index (χ2v) is 5.89. The van der Waals surface area contributed by atoms with Crippen LogP contribution in [-0.4, -0.2) is 18.0 Å². The van der Waals surface area contributed by atoms with Gasteiger partial charge >= 0.3 is 0 Å². The number of para-hydroxylation sites is 1. The van der Waals surface area contributed by atoms with Crippen molar-refractivity contribution >= 4 is 11.6 Å². The fourth-order valence-electron chi connectivity index (χ4n) is 2.74. The van der Waals surface area contributed by atoms with E-state index >= 15 is 0 Å². The Balaban J connectivity index is 2.03. The summed E-state index contributed by atoms with van der Waals surface area (Å²) in [4.78, 5) is 17.7. The molecule has 0 aliphatic carbocycles. The Kier molecular flexibility index (Phi) is 4.80. The van der Waals surface area contributed by atoms with Crippen molar-refractivity contribution < 1.29 is 9.53 Å². The lowest BCUT2D eigenvalue weighted by Gasteiger charge is -2.28. The molecular weight excluding hydrogens is 312 g/mol. The number of rotatable bonds is 5. The highest BCUT2D eigenvalue weighted by atomic mass is 16.5. The zero-order chi connectivity index (χ0) is 17.7. The van der Waals surface area contributed by atoms with E-state index in [-0.39, 0.29) is 5.91 Å². The molecule has 25 heavy (non-hydrogen) atoms. The number of ether oxygens (including phenoxy) is 1. The minimum Gasteiger partial charge on any atom is -0.495 e. The third kappa shape index (κ3) is 3.38. The van der Waals surface area contributed by atoms with E-state index in [1.807, 2.05) is 79.7 Å². The van der Waals surface area contributed by atoms with Crippen LogP contribution in [0.25, 0.3) is 0 Å². The molecule has 1 atom stereocenters. The number of pyridine rings is 1. The zero-order valence-corrected chi connectivity index (χ0v) is 14.3. The van der Waals surface area contributed by atoms with Gasteiger partial charge in [0.05, 0.1) is 19.0 Å². The van der Waals surface area contributed by atoms with Gasteiger partial charge in [0.25, 0.3) is 0 Å². The fourth-order valence-corrected chi connectivity index (χ4v) is 2.74. The number of carbonyl (C=O) groups excluding carboxylic acids is 1. The van der Waals surface area contributed by atoms with Crippen LogP contribution in [-0.2, 0) is 10.2 Å². The van der Waals surface area contributed by atoms with Crippen molar-refractivity contribution in [1.82, 2.24) is 4.98 Å². The fraction of sp³-hybridized carbons (Fsp3) is 0.143. The summed E-state index contributed by atoms with van der Waals surface area (Å²) in [5.74, 6) is 0.519. The average Bonchev–Trinajstić information content (AvgIpc) is 2.69. The van der Waals surface area contributed by atoms with Crippen molar-refractivity contribution in [3.05, 3.63) is 90.3 Å². The summed E-state index contributed by atoms with van der Waals surface area (Å²) in [5.41, 5.74) is 1.36. The van der Waals surface area contributed by atoms with Gasteiger partial charge in [0.2, 0.25) is 5.91 Å². The quantitative estimate of drug-likeness (QED) is 0.767. The van der Waals surface area contributed by atoms with Crippen LogP contribution in [0.15, 0.2) is 79.0 Å². The Morgan fingerprint density at radius 2 is 1.60 bits per heavy atom. The van der Waals surface area contributed by atoms with E-state index in [9.17, 15) is 4.79 Å². The summed E-state index contributed by atoms with van der Waals surface area (Å²) in [6, 6.07) is 22.7. The lowest BCUT2D eigenvalue weighted by atomic mass is 9.78. The third-order valence-electron chi connectivity index (χ3n) is 4.32. The van der Waals surface area contributed by atoms with E-state index in [0.717, 1.165) is 11.3 Å². The normalized spacial score (nSPS) is 12.9. The van der Waals surface area contributed by atoms with Crippen LogP contribution in [0.4, 0.5) is 5.69 Å². The first-order valence-corrected chi connectivity index (χ1v) is 8.07. The number of carbonyl (C=O) groups is 1. The van der Waals surface area contributed by atoms with E-state index < -0.39 is 5.41 Å². The van der Waals surface area contributed by atoms with Gasteiger partial charge in [-0.3, -0.25) is 9.78 Å². The van der Waals surface area contributed by atoms with E-state index in [0.29, 0.717) is 11.4 Å². The molecule has 3 aromatic rings. The molecule has 0 aliphatic heterocycles. The standard InChI is InChI=1S/C21H20N2O2/c1-21(16-9-5-3-6-10-16,19-14-13-18(25-2)15-22-19)20(24)23-17-11-7-4-8-12-17/h3-15H,1-2H3,(H,23,24). The monoisotopic (exact) mass is 332 g/mol. The maximum Gasteiger partial charge on any atom is 0.240 e. The Bertz CT molecular complexity index is 833. The number of amides is 1. The molecule has 1 amide bonds. The van der Waals surface area contributed by atoms with Crippen LogP contribution in [0.3, 0.4) is 0 Å². The van der Waals surface area contributed by atoms with Gasteiger partial charge in [-0.15, -0.1) is 0 Å². The zero-order valence-electron chi connectivity index (χ0n) is 14.3. The lowest BCUT2D eigenvalue weighted by molar-refractivity contribution is -0.119. The Morgan fingerprint density at radius 1 is 0.960 bits per heavy atom. The molecule has 0 fully saturated rings. The van der Waals surface area contributed by atoms with Gasteiger partial charge < -0.3 is 10.1 Å². The average molecular weight is 332 g/mol. The number of methoxy groups -OCH3 is 1. The van der Waals surface area contributed by atoms with Gasteiger partial charge in [0.1, 0.15) is 11.2 Å². The first kappa shape index (κ1) is 16.7. The minimum atomic E-state index is -0.927. The number of nitrogens with one attached hydrogen (secondary N) is 1. The smallest absolute Gasteiger partial charge is 0.240 e. The number of aromatic nitrogens is 1. The first-order chi connectivity index (χ1) is 12.1. The van der Waals surface area contributed by atoms with Crippen molar-refractivity contribution in [2.24, 2.45) is 0 Å². The summed E-state index contributed by atoms with van der Waals surface area (Å²) in [6.45, 7) is 1.88. The van der Waals surface area contributed by atoms with Crippen molar-refractivity contribution in [3.63, 3.8) is 0 Å². The van der Waals surface area contributed by atoms with Crippen molar-refractivity contribution in [1.29, 1.82) is 0 Å². The topological polar surface area (TPSA) is 51.2 Å². The number of hydrogen-bond acceptors (Lipinski definition) is 3. The summed E-state index contributed by atoms with van der Waals surface area (Å²) < 4.78 is 5.18. The van der Waals surface area contributed by atoms with Crippen LogP contribution in [0, 0.1) is 0 Å². The summed E-state index contributed by atoms with van der Waals surface area (Å²) >= 11 is 0. The lowest BCUT2D eigenvalue weighted by Crippen LogP contribution is -2.39. The van der Waals surface area contributed by atoms with Gasteiger partial charge in [-0.2, -0.15) is 0 Å². The van der Waals surface area contributed by atoms with Crippen LogP contribution in [0.2, 0.25) is 0 Å². The Labute approximate surface area is 147 Å². The van der Waals surface area contributed by atoms with Gasteiger partial charge in [-0.25, -0.2) is 0 Å². The van der Waals surface area contributed by atoms with Gasteiger partial charge in [-0.1, -0.05) is 48.5 Å². The molecule has 1 N–H and O–H groups in total. The van der Waals surface area contributed by atoms with E-state index in [4.69, 9.17) is 4.74 Å². The molecule has 0 bridgehead atoms. The minimum absolute atomic E-state index is 0.137. The van der Waals surface area contributed by atoms with Crippen LogP contribution >= 0.6 is 0 Å². The number of anilines is 1. The second kappa shape index (κ2) is 7.18. The molecule has 0 saturated heterocycles. The molecule has 126 valence electrons. The first-order valence-electron chi connectivity index (χ1n) is 8.07. The number of hydrogen-bond donors (Lipinski definition) is 1. The molecular formula is C21H20N2O2. The highest BCUT2D eigenvalue weighted by Crippen LogP contribution is 2.32. The van der Waals surface area contributed by atoms with Crippen molar-refractivity contribution in [2.75, 3.05) is 12.4 Å². The van der Waals surface area contributed by atoms with E-state index in [1.165, 1.54) is 0 Å². The van der Waals surface area contributed by atoms with Gasteiger partial charge in [0, 0.05) is 5.69 Å². The number of benzene rings is 2.